The SMILES string of the molecule is CCCCCCCC/C=C/CCCCCCCCNC(=O)OCC. The second kappa shape index (κ2) is 20.1. The summed E-state index contributed by atoms with van der Waals surface area (Å²) >= 11 is 0. The fourth-order valence-corrected chi connectivity index (χ4v) is 2.75. The number of rotatable bonds is 17. The number of hydrogen-bond acceptors (Lipinski definition) is 2. The maximum absolute atomic E-state index is 11.1. The summed E-state index contributed by atoms with van der Waals surface area (Å²) in [5, 5.41) is 2.76. The second-order valence-corrected chi connectivity index (χ2v) is 6.59. The Kier molecular flexibility index (Phi) is 19.2. The van der Waals surface area contributed by atoms with Crippen LogP contribution in [0.15, 0.2) is 12.2 Å². The molecule has 0 aromatic heterocycles. The van der Waals surface area contributed by atoms with Crippen molar-refractivity contribution < 1.29 is 9.53 Å². The summed E-state index contributed by atoms with van der Waals surface area (Å²) in [7, 11) is 0. The first-order valence-electron chi connectivity index (χ1n) is 10.4. The van der Waals surface area contributed by atoms with Crippen LogP contribution in [0.4, 0.5) is 4.79 Å². The molecular weight excluding hydrogens is 298 g/mol. The van der Waals surface area contributed by atoms with Gasteiger partial charge >= 0.3 is 6.09 Å². The van der Waals surface area contributed by atoms with E-state index in [9.17, 15) is 4.79 Å². The molecule has 0 heterocycles. The van der Waals surface area contributed by atoms with Crippen LogP contribution in [0.5, 0.6) is 0 Å². The number of ether oxygens (including phenoxy) is 1. The van der Waals surface area contributed by atoms with Crippen LogP contribution in [0.25, 0.3) is 0 Å². The summed E-state index contributed by atoms with van der Waals surface area (Å²) in [6.07, 6.45) is 22.8. The highest BCUT2D eigenvalue weighted by Gasteiger charge is 1.98. The molecule has 1 amide bonds. The monoisotopic (exact) mass is 339 g/mol. The summed E-state index contributed by atoms with van der Waals surface area (Å²) in [4.78, 5) is 11.1. The van der Waals surface area contributed by atoms with Crippen LogP contribution in [0.2, 0.25) is 0 Å². The third-order valence-electron chi connectivity index (χ3n) is 4.23. The molecule has 3 heteroatoms. The van der Waals surface area contributed by atoms with Gasteiger partial charge in [0.25, 0.3) is 0 Å². The van der Waals surface area contributed by atoms with Gasteiger partial charge in [0, 0.05) is 6.54 Å². The summed E-state index contributed by atoms with van der Waals surface area (Å²) in [6, 6.07) is 0. The molecule has 0 fully saturated rings. The number of allylic oxidation sites excluding steroid dienone is 2. The fourth-order valence-electron chi connectivity index (χ4n) is 2.75. The van der Waals surface area contributed by atoms with E-state index in [1.165, 1.54) is 83.5 Å². The van der Waals surface area contributed by atoms with Crippen molar-refractivity contribution in [3.8, 4) is 0 Å². The van der Waals surface area contributed by atoms with Gasteiger partial charge < -0.3 is 10.1 Å². The summed E-state index contributed by atoms with van der Waals surface area (Å²) in [6.45, 7) is 5.27. The molecule has 0 aliphatic heterocycles. The smallest absolute Gasteiger partial charge is 0.407 e. The highest BCUT2D eigenvalue weighted by molar-refractivity contribution is 5.66. The van der Waals surface area contributed by atoms with Gasteiger partial charge in [0.15, 0.2) is 0 Å². The third-order valence-corrected chi connectivity index (χ3v) is 4.23. The molecule has 1 N–H and O–H groups in total. The highest BCUT2D eigenvalue weighted by Crippen LogP contribution is 2.09. The first-order chi connectivity index (χ1) is 11.8. The molecule has 24 heavy (non-hydrogen) atoms. The third kappa shape index (κ3) is 19.1. The van der Waals surface area contributed by atoms with Crippen LogP contribution < -0.4 is 5.32 Å². The number of nitrogens with one attached hydrogen (secondary N) is 1. The Morgan fingerprint density at radius 3 is 1.79 bits per heavy atom. The molecule has 0 bridgehead atoms. The van der Waals surface area contributed by atoms with Gasteiger partial charge in [0.1, 0.15) is 0 Å². The Balaban J connectivity index is 3.11. The van der Waals surface area contributed by atoms with Gasteiger partial charge in [0.2, 0.25) is 0 Å². The first-order valence-corrected chi connectivity index (χ1v) is 10.4. The minimum Gasteiger partial charge on any atom is -0.450 e. The lowest BCUT2D eigenvalue weighted by molar-refractivity contribution is 0.152. The van der Waals surface area contributed by atoms with Crippen LogP contribution in [0.3, 0.4) is 0 Å². The molecule has 0 aromatic carbocycles. The van der Waals surface area contributed by atoms with Crippen LogP contribution in [0.1, 0.15) is 104 Å². The van der Waals surface area contributed by atoms with E-state index in [1.54, 1.807) is 0 Å². The van der Waals surface area contributed by atoms with E-state index in [-0.39, 0.29) is 6.09 Å². The van der Waals surface area contributed by atoms with Crippen molar-refractivity contribution in [2.45, 2.75) is 104 Å². The molecule has 0 saturated heterocycles. The zero-order valence-electron chi connectivity index (χ0n) is 16.3. The summed E-state index contributed by atoms with van der Waals surface area (Å²) in [5.41, 5.74) is 0. The van der Waals surface area contributed by atoms with Crippen molar-refractivity contribution in [2.75, 3.05) is 13.2 Å². The molecule has 0 spiro atoms. The van der Waals surface area contributed by atoms with Gasteiger partial charge in [-0.25, -0.2) is 4.79 Å². The van der Waals surface area contributed by atoms with Gasteiger partial charge in [-0.1, -0.05) is 76.9 Å². The average Bonchev–Trinajstić information content (AvgIpc) is 2.58. The van der Waals surface area contributed by atoms with Gasteiger partial charge in [-0.15, -0.1) is 0 Å². The van der Waals surface area contributed by atoms with Gasteiger partial charge in [-0.3, -0.25) is 0 Å². The number of hydrogen-bond donors (Lipinski definition) is 1. The molecule has 142 valence electrons. The lowest BCUT2D eigenvalue weighted by Crippen LogP contribution is -2.25. The molecule has 0 saturated carbocycles. The Morgan fingerprint density at radius 1 is 0.750 bits per heavy atom. The standard InChI is InChI=1S/C21H41NO2/c1-3-5-6-7-8-9-10-11-12-13-14-15-16-17-18-19-20-22-21(23)24-4-2/h11-12H,3-10,13-20H2,1-2H3,(H,22,23)/b12-11+. The Hall–Kier alpha value is -0.990. The minimum atomic E-state index is -0.287. The predicted molar refractivity (Wildman–Crippen MR) is 104 cm³/mol. The number of carbonyl (C=O) groups is 1. The summed E-state index contributed by atoms with van der Waals surface area (Å²) < 4.78 is 4.81. The van der Waals surface area contributed by atoms with Crippen molar-refractivity contribution in [1.82, 2.24) is 5.32 Å². The lowest BCUT2D eigenvalue weighted by atomic mass is 10.1. The largest absolute Gasteiger partial charge is 0.450 e. The van der Waals surface area contributed by atoms with Crippen molar-refractivity contribution in [3.05, 3.63) is 12.2 Å². The van der Waals surface area contributed by atoms with E-state index in [0.29, 0.717) is 6.61 Å². The van der Waals surface area contributed by atoms with Crippen LogP contribution in [-0.2, 0) is 4.74 Å². The van der Waals surface area contributed by atoms with Gasteiger partial charge in [0.05, 0.1) is 6.61 Å². The number of alkyl carbamates (subject to hydrolysis) is 1. The van der Waals surface area contributed by atoms with E-state index in [0.717, 1.165) is 13.0 Å². The number of unbranched alkanes of at least 4 members (excludes halogenated alkanes) is 12. The molecule has 0 aromatic rings. The molecule has 0 unspecified atom stereocenters. The van der Waals surface area contributed by atoms with E-state index >= 15 is 0 Å². The molecule has 0 aliphatic rings. The van der Waals surface area contributed by atoms with Crippen molar-refractivity contribution in [3.63, 3.8) is 0 Å². The lowest BCUT2D eigenvalue weighted by Gasteiger charge is -2.04. The zero-order chi connectivity index (χ0) is 17.7. The van der Waals surface area contributed by atoms with Gasteiger partial charge in [-0.2, -0.15) is 0 Å². The molecular formula is C21H41NO2. The minimum absolute atomic E-state index is 0.287. The molecule has 3 nitrogen and oxygen atoms in total. The van der Waals surface area contributed by atoms with E-state index < -0.39 is 0 Å². The Bertz CT molecular complexity index is 290. The van der Waals surface area contributed by atoms with Crippen LogP contribution >= 0.6 is 0 Å². The summed E-state index contributed by atoms with van der Waals surface area (Å²) in [5.74, 6) is 0. The molecule has 0 radical (unpaired) electrons. The highest BCUT2D eigenvalue weighted by atomic mass is 16.5. The Morgan fingerprint density at radius 2 is 1.25 bits per heavy atom. The topological polar surface area (TPSA) is 38.3 Å². The molecule has 0 aliphatic carbocycles. The Labute approximate surface area is 150 Å². The van der Waals surface area contributed by atoms with Crippen LogP contribution in [0, 0.1) is 0 Å². The average molecular weight is 340 g/mol. The molecule has 0 rings (SSSR count). The van der Waals surface area contributed by atoms with Crippen molar-refractivity contribution in [1.29, 1.82) is 0 Å². The number of amides is 1. The number of carbonyl (C=O) groups excluding carboxylic acids is 1. The van der Waals surface area contributed by atoms with Crippen molar-refractivity contribution in [2.24, 2.45) is 0 Å². The van der Waals surface area contributed by atoms with E-state index in [4.69, 9.17) is 4.74 Å². The maximum Gasteiger partial charge on any atom is 0.407 e. The van der Waals surface area contributed by atoms with Crippen molar-refractivity contribution >= 4 is 6.09 Å². The van der Waals surface area contributed by atoms with E-state index in [2.05, 4.69) is 24.4 Å². The fraction of sp³-hybridized carbons (Fsp3) is 0.857. The zero-order valence-corrected chi connectivity index (χ0v) is 16.3. The maximum atomic E-state index is 11.1. The first kappa shape index (κ1) is 23.0. The van der Waals surface area contributed by atoms with Crippen LogP contribution in [-0.4, -0.2) is 19.2 Å². The van der Waals surface area contributed by atoms with E-state index in [1.807, 2.05) is 6.92 Å². The molecule has 0 atom stereocenters. The van der Waals surface area contributed by atoms with Gasteiger partial charge in [-0.05, 0) is 39.0 Å². The normalized spacial score (nSPS) is 11.1. The quantitative estimate of drug-likeness (QED) is 0.234. The second-order valence-electron chi connectivity index (χ2n) is 6.59. The predicted octanol–water partition coefficient (Wildman–Crippen LogP) is 6.77.